The van der Waals surface area contributed by atoms with Crippen LogP contribution in [0.15, 0.2) is 35.7 Å². The van der Waals surface area contributed by atoms with Crippen LogP contribution in [-0.2, 0) is 0 Å². The lowest BCUT2D eigenvalue weighted by Gasteiger charge is -2.21. The molecule has 0 heterocycles. The predicted octanol–water partition coefficient (Wildman–Crippen LogP) is 1.26. The van der Waals surface area contributed by atoms with E-state index in [1.807, 2.05) is 0 Å². The Hall–Kier alpha value is -2.24. The van der Waals surface area contributed by atoms with E-state index in [4.69, 9.17) is 0 Å². The molecule has 0 atom stereocenters. The molecule has 0 aliphatic heterocycles. The summed E-state index contributed by atoms with van der Waals surface area (Å²) in [5.41, 5.74) is 2.18. The molecule has 0 aromatic carbocycles. The lowest BCUT2D eigenvalue weighted by molar-refractivity contribution is 0.219. The Bertz CT molecular complexity index is 461. The molecule has 1 rings (SSSR count). The Kier molecular flexibility index (Phi) is 4.74. The minimum Gasteiger partial charge on any atom is -0.331 e. The number of nitrogens with one attached hydrogen (secondary N) is 2. The van der Waals surface area contributed by atoms with Gasteiger partial charge in [-0.25, -0.2) is 9.59 Å². The van der Waals surface area contributed by atoms with Crippen LogP contribution < -0.4 is 10.6 Å². The van der Waals surface area contributed by atoms with Crippen molar-refractivity contribution in [3.05, 3.63) is 35.7 Å². The fourth-order valence-electron chi connectivity index (χ4n) is 1.38. The van der Waals surface area contributed by atoms with E-state index >= 15 is 0 Å². The number of rotatable bonds is 2. The Balaban J connectivity index is 2.71. The Morgan fingerprint density at radius 1 is 1.05 bits per heavy atom. The smallest absolute Gasteiger partial charge is 0.321 e. The van der Waals surface area contributed by atoms with Gasteiger partial charge in [0.2, 0.25) is 0 Å². The van der Waals surface area contributed by atoms with E-state index in [1.165, 1.54) is 9.80 Å². The molecule has 0 saturated carbocycles. The molecule has 104 valence electrons. The van der Waals surface area contributed by atoms with E-state index < -0.39 is 0 Å². The summed E-state index contributed by atoms with van der Waals surface area (Å²) in [4.78, 5) is 26.0. The summed E-state index contributed by atoms with van der Waals surface area (Å²) >= 11 is 0. The van der Waals surface area contributed by atoms with E-state index in [9.17, 15) is 9.59 Å². The van der Waals surface area contributed by atoms with Crippen LogP contribution >= 0.6 is 0 Å². The van der Waals surface area contributed by atoms with Crippen molar-refractivity contribution in [1.82, 2.24) is 20.4 Å². The molecule has 1 aliphatic rings. The average molecular weight is 264 g/mol. The van der Waals surface area contributed by atoms with Crippen molar-refractivity contribution in [2.24, 2.45) is 0 Å². The van der Waals surface area contributed by atoms with Crippen molar-refractivity contribution in [3.8, 4) is 0 Å². The Labute approximate surface area is 113 Å². The first-order valence-electron chi connectivity index (χ1n) is 5.87. The minimum absolute atomic E-state index is 0.187. The number of nitrogens with zero attached hydrogens (tertiary/aromatic N) is 2. The first-order chi connectivity index (χ1) is 8.81. The summed E-state index contributed by atoms with van der Waals surface area (Å²) in [6.45, 7) is 3.90. The van der Waals surface area contributed by atoms with Crippen molar-refractivity contribution in [1.29, 1.82) is 0 Å². The van der Waals surface area contributed by atoms with E-state index in [0.29, 0.717) is 12.1 Å². The van der Waals surface area contributed by atoms with E-state index in [1.54, 1.807) is 40.3 Å². The molecule has 6 heteroatoms. The number of urea groups is 2. The highest BCUT2D eigenvalue weighted by atomic mass is 16.2. The third kappa shape index (κ3) is 4.17. The van der Waals surface area contributed by atoms with Crippen molar-refractivity contribution < 1.29 is 9.59 Å². The van der Waals surface area contributed by atoms with Gasteiger partial charge in [0.1, 0.15) is 0 Å². The largest absolute Gasteiger partial charge is 0.331 e. The summed E-state index contributed by atoms with van der Waals surface area (Å²) in [5, 5.41) is 5.51. The molecule has 4 amide bonds. The summed E-state index contributed by atoms with van der Waals surface area (Å²) in [6, 6.07) is -0.394. The molecule has 2 N–H and O–H groups in total. The second-order valence-corrected chi connectivity index (χ2v) is 4.70. The van der Waals surface area contributed by atoms with Gasteiger partial charge in [-0.3, -0.25) is 0 Å². The zero-order chi connectivity index (χ0) is 14.6. The van der Waals surface area contributed by atoms with Gasteiger partial charge in [-0.05, 0) is 17.7 Å². The van der Waals surface area contributed by atoms with Crippen molar-refractivity contribution in [3.63, 3.8) is 0 Å². The summed E-state index contributed by atoms with van der Waals surface area (Å²) in [7, 11) is 6.68. The Morgan fingerprint density at radius 3 is 2.05 bits per heavy atom. The molecule has 0 spiro atoms. The first kappa shape index (κ1) is 14.8. The topological polar surface area (TPSA) is 64.7 Å². The monoisotopic (exact) mass is 264 g/mol. The maximum atomic E-state index is 11.5. The molecule has 0 unspecified atom stereocenters. The molecule has 19 heavy (non-hydrogen) atoms. The number of carbonyl (C=O) groups excluding carboxylic acids is 2. The third-order valence-electron chi connectivity index (χ3n) is 2.56. The number of hydrogen-bond acceptors (Lipinski definition) is 2. The molecule has 6 nitrogen and oxygen atoms in total. The van der Waals surface area contributed by atoms with Gasteiger partial charge < -0.3 is 20.4 Å². The molecule has 0 saturated heterocycles. The highest BCUT2D eigenvalue weighted by Gasteiger charge is 2.15. The quantitative estimate of drug-likeness (QED) is 0.788. The van der Waals surface area contributed by atoms with E-state index in [0.717, 1.165) is 11.3 Å². The second-order valence-electron chi connectivity index (χ2n) is 4.70. The van der Waals surface area contributed by atoms with Crippen LogP contribution in [0.5, 0.6) is 0 Å². The third-order valence-corrected chi connectivity index (χ3v) is 2.56. The molecular formula is C13H20N4O2. The maximum Gasteiger partial charge on any atom is 0.321 e. The minimum atomic E-state index is -0.207. The molecule has 1 aliphatic carbocycles. The van der Waals surface area contributed by atoms with E-state index in [-0.39, 0.29) is 12.1 Å². The highest BCUT2D eigenvalue weighted by Crippen LogP contribution is 2.19. The van der Waals surface area contributed by atoms with Gasteiger partial charge >= 0.3 is 12.1 Å². The fraction of sp³-hybridized carbons (Fsp3) is 0.385. The average Bonchev–Trinajstić information content (AvgIpc) is 2.32. The fourth-order valence-corrected chi connectivity index (χ4v) is 1.38. The van der Waals surface area contributed by atoms with Crippen LogP contribution in [0.4, 0.5) is 9.59 Å². The number of allylic oxidation sites excluding steroid dienone is 4. The molecule has 0 bridgehead atoms. The van der Waals surface area contributed by atoms with Gasteiger partial charge in [-0.15, -0.1) is 0 Å². The number of carbonyl (C=O) groups is 2. The lowest BCUT2D eigenvalue weighted by Crippen LogP contribution is -2.36. The van der Waals surface area contributed by atoms with Gasteiger partial charge in [0.05, 0.1) is 0 Å². The molecular weight excluding hydrogens is 244 g/mol. The highest BCUT2D eigenvalue weighted by molar-refractivity contribution is 5.78. The van der Waals surface area contributed by atoms with Crippen LogP contribution in [0, 0.1) is 0 Å². The van der Waals surface area contributed by atoms with Crippen LogP contribution in [-0.4, -0.2) is 50.1 Å². The van der Waals surface area contributed by atoms with Crippen LogP contribution in [0.2, 0.25) is 0 Å². The lowest BCUT2D eigenvalue weighted by atomic mass is 10.0. The molecule has 0 fully saturated rings. The second kappa shape index (κ2) is 6.08. The zero-order valence-corrected chi connectivity index (χ0v) is 11.8. The van der Waals surface area contributed by atoms with E-state index in [2.05, 4.69) is 17.2 Å². The summed E-state index contributed by atoms with van der Waals surface area (Å²) in [6.07, 6.45) is 4.00. The first-order valence-corrected chi connectivity index (χ1v) is 5.87. The van der Waals surface area contributed by atoms with Crippen LogP contribution in [0.1, 0.15) is 6.42 Å². The van der Waals surface area contributed by atoms with Crippen molar-refractivity contribution in [2.45, 2.75) is 6.42 Å². The number of amides is 4. The van der Waals surface area contributed by atoms with Crippen LogP contribution in [0.25, 0.3) is 0 Å². The van der Waals surface area contributed by atoms with Crippen LogP contribution in [0.3, 0.4) is 0 Å². The maximum absolute atomic E-state index is 11.5. The van der Waals surface area contributed by atoms with Crippen molar-refractivity contribution in [2.75, 3.05) is 28.2 Å². The SMILES string of the molecule is C=C1CC(NC(=O)N(C)C)=CC=C1NC(=O)N(C)C. The van der Waals surface area contributed by atoms with Gasteiger partial charge in [0, 0.05) is 46.0 Å². The van der Waals surface area contributed by atoms with Gasteiger partial charge in [0.25, 0.3) is 0 Å². The predicted molar refractivity (Wildman–Crippen MR) is 74.4 cm³/mol. The van der Waals surface area contributed by atoms with Gasteiger partial charge in [-0.1, -0.05) is 6.58 Å². The normalized spacial score (nSPS) is 14.2. The summed E-state index contributed by atoms with van der Waals surface area (Å²) < 4.78 is 0. The molecule has 0 aromatic heterocycles. The molecule has 0 aromatic rings. The summed E-state index contributed by atoms with van der Waals surface area (Å²) in [5.74, 6) is 0. The van der Waals surface area contributed by atoms with Gasteiger partial charge in [0.15, 0.2) is 0 Å². The zero-order valence-electron chi connectivity index (χ0n) is 11.8. The number of hydrogen-bond donors (Lipinski definition) is 2. The Morgan fingerprint density at radius 2 is 1.58 bits per heavy atom. The molecule has 0 radical (unpaired) electrons. The van der Waals surface area contributed by atoms with Crippen molar-refractivity contribution >= 4 is 12.1 Å². The standard InChI is InChI=1S/C13H20N4O2/c1-9-8-10(14-12(18)16(2)3)6-7-11(9)15-13(19)17(4)5/h6-7H,1,8H2,2-5H3,(H,14,18)(H,15,19). The van der Waals surface area contributed by atoms with Gasteiger partial charge in [-0.2, -0.15) is 0 Å².